The average Bonchev–Trinajstić information content (AvgIpc) is 3.01. The van der Waals surface area contributed by atoms with Gasteiger partial charge in [0.2, 0.25) is 5.91 Å². The lowest BCUT2D eigenvalue weighted by Gasteiger charge is -2.45. The molecule has 0 bridgehead atoms. The van der Waals surface area contributed by atoms with Gasteiger partial charge in [0.1, 0.15) is 18.9 Å². The number of amides is 1. The van der Waals surface area contributed by atoms with Crippen LogP contribution in [-0.4, -0.2) is 51.7 Å². The Morgan fingerprint density at radius 2 is 2.04 bits per heavy atom. The molecule has 0 aromatic carbocycles. The van der Waals surface area contributed by atoms with Gasteiger partial charge in [0.25, 0.3) is 0 Å². The molecule has 1 amide bonds. The van der Waals surface area contributed by atoms with Crippen molar-refractivity contribution in [2.45, 2.75) is 51.1 Å². The van der Waals surface area contributed by atoms with E-state index in [0.717, 1.165) is 19.0 Å². The maximum atomic E-state index is 12.1. The van der Waals surface area contributed by atoms with E-state index in [0.29, 0.717) is 5.41 Å². The Morgan fingerprint density at radius 3 is 2.62 bits per heavy atom. The lowest BCUT2D eigenvalue weighted by Crippen LogP contribution is -2.45. The van der Waals surface area contributed by atoms with Crippen LogP contribution in [0.15, 0.2) is 12.4 Å². The summed E-state index contributed by atoms with van der Waals surface area (Å²) in [5.74, 6) is -0.127. The summed E-state index contributed by atoms with van der Waals surface area (Å²) in [7, 11) is 2.18. The number of piperidine rings is 1. The van der Waals surface area contributed by atoms with E-state index in [-0.39, 0.29) is 24.2 Å². The normalized spacial score (nSPS) is 21.7. The predicted octanol–water partition coefficient (Wildman–Crippen LogP) is 1.56. The SMILES string of the molecule is CN1CCC2(CCC(NC(=O)Cn3cc([N+](=O)[O-])cn3)CC2)CC1. The van der Waals surface area contributed by atoms with Crippen LogP contribution in [0, 0.1) is 15.5 Å². The second kappa shape index (κ2) is 6.88. The van der Waals surface area contributed by atoms with E-state index in [2.05, 4.69) is 22.4 Å². The molecule has 1 aromatic heterocycles. The van der Waals surface area contributed by atoms with Crippen LogP contribution in [0.1, 0.15) is 38.5 Å². The number of carbonyl (C=O) groups excluding carboxylic acids is 1. The quantitative estimate of drug-likeness (QED) is 0.666. The Morgan fingerprint density at radius 1 is 1.38 bits per heavy atom. The van der Waals surface area contributed by atoms with E-state index >= 15 is 0 Å². The molecule has 1 aromatic rings. The molecule has 0 atom stereocenters. The minimum absolute atomic E-state index is 0.0281. The third-order valence-electron chi connectivity index (χ3n) is 5.60. The second-order valence-corrected chi connectivity index (χ2v) is 7.30. The fourth-order valence-electron chi connectivity index (χ4n) is 3.92. The van der Waals surface area contributed by atoms with Gasteiger partial charge in [-0.05, 0) is 64.1 Å². The van der Waals surface area contributed by atoms with Gasteiger partial charge in [0, 0.05) is 6.04 Å². The molecule has 132 valence electrons. The second-order valence-electron chi connectivity index (χ2n) is 7.30. The number of aromatic nitrogens is 2. The predicted molar refractivity (Wildman–Crippen MR) is 88.4 cm³/mol. The van der Waals surface area contributed by atoms with Gasteiger partial charge in [0.05, 0.1) is 4.92 Å². The molecule has 8 heteroatoms. The Labute approximate surface area is 141 Å². The molecule has 3 rings (SSSR count). The van der Waals surface area contributed by atoms with Crippen LogP contribution in [0.25, 0.3) is 0 Å². The van der Waals surface area contributed by atoms with Crippen LogP contribution in [-0.2, 0) is 11.3 Å². The number of carbonyl (C=O) groups is 1. The van der Waals surface area contributed by atoms with Crippen molar-refractivity contribution in [1.82, 2.24) is 20.0 Å². The Balaban J connectivity index is 1.45. The van der Waals surface area contributed by atoms with Crippen molar-refractivity contribution < 1.29 is 9.72 Å². The van der Waals surface area contributed by atoms with Gasteiger partial charge in [-0.3, -0.25) is 19.6 Å². The maximum absolute atomic E-state index is 12.1. The molecule has 1 saturated heterocycles. The van der Waals surface area contributed by atoms with Crippen LogP contribution in [0.4, 0.5) is 5.69 Å². The molecule has 2 heterocycles. The standard InChI is InChI=1S/C16H25N5O3/c1-19-8-6-16(7-9-19)4-2-13(3-5-16)18-15(22)12-20-11-14(10-17-20)21(23)24/h10-11,13H,2-9,12H2,1H3,(H,18,22). The van der Waals surface area contributed by atoms with Gasteiger partial charge < -0.3 is 10.2 Å². The van der Waals surface area contributed by atoms with Crippen LogP contribution >= 0.6 is 0 Å². The molecule has 2 fully saturated rings. The van der Waals surface area contributed by atoms with Crippen molar-refractivity contribution in [1.29, 1.82) is 0 Å². The monoisotopic (exact) mass is 335 g/mol. The number of nitro groups is 1. The third kappa shape index (κ3) is 3.92. The lowest BCUT2D eigenvalue weighted by molar-refractivity contribution is -0.385. The summed E-state index contributed by atoms with van der Waals surface area (Å²) in [6, 6.07) is 0.216. The first-order valence-corrected chi connectivity index (χ1v) is 8.61. The Hall–Kier alpha value is -1.96. The molecule has 0 radical (unpaired) electrons. The summed E-state index contributed by atoms with van der Waals surface area (Å²) >= 11 is 0. The van der Waals surface area contributed by atoms with E-state index in [1.165, 1.54) is 49.7 Å². The van der Waals surface area contributed by atoms with Gasteiger partial charge in [-0.15, -0.1) is 0 Å². The number of likely N-dealkylation sites (tertiary alicyclic amines) is 1. The van der Waals surface area contributed by atoms with Crippen LogP contribution in [0.5, 0.6) is 0 Å². The summed E-state index contributed by atoms with van der Waals surface area (Å²) in [5, 5.41) is 17.5. The third-order valence-corrected chi connectivity index (χ3v) is 5.60. The first kappa shape index (κ1) is 16.9. The van der Waals surface area contributed by atoms with E-state index in [1.54, 1.807) is 0 Å². The zero-order chi connectivity index (χ0) is 17.2. The Kier molecular flexibility index (Phi) is 4.84. The molecule has 1 spiro atoms. The highest BCUT2D eigenvalue weighted by atomic mass is 16.6. The van der Waals surface area contributed by atoms with Crippen molar-refractivity contribution in [2.24, 2.45) is 5.41 Å². The van der Waals surface area contributed by atoms with Crippen LogP contribution in [0.3, 0.4) is 0 Å². The van der Waals surface area contributed by atoms with E-state index in [4.69, 9.17) is 0 Å². The largest absolute Gasteiger partial charge is 0.352 e. The van der Waals surface area contributed by atoms with Crippen LogP contribution in [0.2, 0.25) is 0 Å². The highest BCUT2D eigenvalue weighted by molar-refractivity contribution is 5.76. The number of nitrogens with one attached hydrogen (secondary N) is 1. The molecule has 1 aliphatic carbocycles. The molecule has 1 saturated carbocycles. The maximum Gasteiger partial charge on any atom is 0.307 e. The summed E-state index contributed by atoms with van der Waals surface area (Å²) in [6.45, 7) is 2.38. The van der Waals surface area contributed by atoms with Gasteiger partial charge in [0.15, 0.2) is 0 Å². The first-order valence-electron chi connectivity index (χ1n) is 8.61. The highest BCUT2D eigenvalue weighted by Gasteiger charge is 2.37. The highest BCUT2D eigenvalue weighted by Crippen LogP contribution is 2.44. The zero-order valence-corrected chi connectivity index (χ0v) is 14.1. The Bertz CT molecular complexity index is 597. The van der Waals surface area contributed by atoms with Gasteiger partial charge >= 0.3 is 5.69 Å². The fraction of sp³-hybridized carbons (Fsp3) is 0.750. The molecule has 24 heavy (non-hydrogen) atoms. The number of rotatable bonds is 4. The van der Waals surface area contributed by atoms with Crippen molar-refractivity contribution in [3.8, 4) is 0 Å². The summed E-state index contributed by atoms with van der Waals surface area (Å²) in [5.41, 5.74) is 0.390. The average molecular weight is 335 g/mol. The minimum atomic E-state index is -0.510. The molecular weight excluding hydrogens is 310 g/mol. The van der Waals surface area contributed by atoms with Gasteiger partial charge in [-0.25, -0.2) is 0 Å². The fourth-order valence-corrected chi connectivity index (χ4v) is 3.92. The smallest absolute Gasteiger partial charge is 0.307 e. The minimum Gasteiger partial charge on any atom is -0.352 e. The van der Waals surface area contributed by atoms with Gasteiger partial charge in [-0.2, -0.15) is 5.10 Å². The van der Waals surface area contributed by atoms with Crippen LogP contribution < -0.4 is 5.32 Å². The lowest BCUT2D eigenvalue weighted by atomic mass is 9.67. The zero-order valence-electron chi connectivity index (χ0n) is 14.1. The molecule has 8 nitrogen and oxygen atoms in total. The number of hydrogen-bond donors (Lipinski definition) is 1. The number of nitrogens with zero attached hydrogens (tertiary/aromatic N) is 4. The number of hydrogen-bond acceptors (Lipinski definition) is 5. The van der Waals surface area contributed by atoms with E-state index < -0.39 is 4.92 Å². The topological polar surface area (TPSA) is 93.3 Å². The summed E-state index contributed by atoms with van der Waals surface area (Å²) in [6.07, 6.45) is 9.38. The molecular formula is C16H25N5O3. The van der Waals surface area contributed by atoms with Crippen molar-refractivity contribution >= 4 is 11.6 Å². The van der Waals surface area contributed by atoms with E-state index in [1.807, 2.05) is 0 Å². The molecule has 1 N–H and O–H groups in total. The first-order chi connectivity index (χ1) is 11.5. The molecule has 0 unspecified atom stereocenters. The summed E-state index contributed by atoms with van der Waals surface area (Å²) in [4.78, 5) is 24.6. The molecule has 1 aliphatic heterocycles. The van der Waals surface area contributed by atoms with E-state index in [9.17, 15) is 14.9 Å². The van der Waals surface area contributed by atoms with Gasteiger partial charge in [-0.1, -0.05) is 0 Å². The molecule has 2 aliphatic rings. The summed E-state index contributed by atoms with van der Waals surface area (Å²) < 4.78 is 1.31. The van der Waals surface area contributed by atoms with Crippen molar-refractivity contribution in [2.75, 3.05) is 20.1 Å². The van der Waals surface area contributed by atoms with Crippen molar-refractivity contribution in [3.05, 3.63) is 22.5 Å². The van der Waals surface area contributed by atoms with Crippen molar-refractivity contribution in [3.63, 3.8) is 0 Å².